The van der Waals surface area contributed by atoms with Gasteiger partial charge >= 0.3 is 0 Å². The lowest BCUT2D eigenvalue weighted by molar-refractivity contribution is -0.130. The average Bonchev–Trinajstić information content (AvgIpc) is 2.30. The second-order valence-corrected chi connectivity index (χ2v) is 3.70. The Kier molecular flexibility index (Phi) is 4.10. The Bertz CT molecular complexity index is 350. The number of pyridine rings is 1. The van der Waals surface area contributed by atoms with Crippen molar-refractivity contribution in [3.8, 4) is 0 Å². The molecule has 1 rings (SSSR count). The lowest BCUT2D eigenvalue weighted by Crippen LogP contribution is -2.38. The molecule has 1 aromatic rings. The molecule has 5 nitrogen and oxygen atoms in total. The van der Waals surface area contributed by atoms with Gasteiger partial charge in [0.1, 0.15) is 11.9 Å². The zero-order valence-electron chi connectivity index (χ0n) is 9.90. The first-order chi connectivity index (χ1) is 7.54. The fraction of sp³-hybridized carbons (Fsp3) is 0.455. The number of nitrogens with zero attached hydrogens (tertiary/aromatic N) is 2. The summed E-state index contributed by atoms with van der Waals surface area (Å²) < 4.78 is 0. The maximum Gasteiger partial charge on any atom is 0.244 e. The zero-order valence-corrected chi connectivity index (χ0v) is 9.90. The fourth-order valence-corrected chi connectivity index (χ4v) is 1.26. The van der Waals surface area contributed by atoms with Crippen molar-refractivity contribution in [3.05, 3.63) is 18.3 Å². The number of likely N-dealkylation sites (N-methyl/N-ethyl adjacent to an activating group) is 1. The number of carbonyl (C=O) groups is 1. The molecule has 1 amide bonds. The van der Waals surface area contributed by atoms with Gasteiger partial charge in [0.25, 0.3) is 0 Å². The number of carbonyl (C=O) groups excluding carboxylic acids is 1. The van der Waals surface area contributed by atoms with Crippen LogP contribution in [0, 0.1) is 0 Å². The molecule has 0 fully saturated rings. The summed E-state index contributed by atoms with van der Waals surface area (Å²) in [5, 5.41) is 3.03. The third kappa shape index (κ3) is 3.12. The molecule has 1 heterocycles. The molecule has 0 radical (unpaired) electrons. The van der Waals surface area contributed by atoms with Crippen LogP contribution >= 0.6 is 0 Å². The molecule has 0 aliphatic rings. The SMILES string of the molecule is CCN(C)C(=O)C(C)Nc1ccc(N)cn1. The first-order valence-electron chi connectivity index (χ1n) is 5.27. The summed E-state index contributed by atoms with van der Waals surface area (Å²) in [5.74, 6) is 0.695. The van der Waals surface area contributed by atoms with E-state index in [2.05, 4.69) is 10.3 Å². The minimum atomic E-state index is -0.291. The van der Waals surface area contributed by atoms with E-state index in [9.17, 15) is 4.79 Å². The summed E-state index contributed by atoms with van der Waals surface area (Å²) in [6.07, 6.45) is 1.56. The maximum atomic E-state index is 11.8. The third-order valence-electron chi connectivity index (χ3n) is 2.37. The van der Waals surface area contributed by atoms with Crippen LogP contribution in [0.25, 0.3) is 0 Å². The topological polar surface area (TPSA) is 71.2 Å². The number of nitrogen functional groups attached to an aromatic ring is 1. The highest BCUT2D eigenvalue weighted by Crippen LogP contribution is 2.08. The van der Waals surface area contributed by atoms with Gasteiger partial charge in [-0.05, 0) is 26.0 Å². The number of rotatable bonds is 4. The Morgan fingerprint density at radius 1 is 1.62 bits per heavy atom. The van der Waals surface area contributed by atoms with E-state index in [4.69, 9.17) is 5.73 Å². The highest BCUT2D eigenvalue weighted by atomic mass is 16.2. The lowest BCUT2D eigenvalue weighted by Gasteiger charge is -2.20. The Morgan fingerprint density at radius 3 is 2.81 bits per heavy atom. The van der Waals surface area contributed by atoms with E-state index in [-0.39, 0.29) is 11.9 Å². The van der Waals surface area contributed by atoms with Crippen molar-refractivity contribution >= 4 is 17.4 Å². The molecule has 3 N–H and O–H groups in total. The largest absolute Gasteiger partial charge is 0.397 e. The first kappa shape index (κ1) is 12.3. The minimum Gasteiger partial charge on any atom is -0.397 e. The second kappa shape index (κ2) is 5.34. The van der Waals surface area contributed by atoms with Gasteiger partial charge in [0.2, 0.25) is 5.91 Å². The lowest BCUT2D eigenvalue weighted by atomic mass is 10.3. The van der Waals surface area contributed by atoms with E-state index in [1.54, 1.807) is 30.3 Å². The first-order valence-corrected chi connectivity index (χ1v) is 5.27. The second-order valence-electron chi connectivity index (χ2n) is 3.70. The molecule has 0 spiro atoms. The van der Waals surface area contributed by atoms with E-state index in [0.717, 1.165) is 0 Å². The van der Waals surface area contributed by atoms with Crippen LogP contribution in [0.1, 0.15) is 13.8 Å². The van der Waals surface area contributed by atoms with Crippen LogP contribution in [-0.4, -0.2) is 35.4 Å². The molecule has 1 unspecified atom stereocenters. The summed E-state index contributed by atoms with van der Waals surface area (Å²) in [5.41, 5.74) is 6.13. The molecule has 0 aliphatic heterocycles. The molecule has 0 saturated carbocycles. The molecular formula is C11H18N4O. The van der Waals surface area contributed by atoms with Crippen LogP contribution in [0.2, 0.25) is 0 Å². The van der Waals surface area contributed by atoms with Crippen LogP contribution in [-0.2, 0) is 4.79 Å². The maximum absolute atomic E-state index is 11.8. The van der Waals surface area contributed by atoms with Crippen molar-refractivity contribution in [2.75, 3.05) is 24.6 Å². The molecule has 0 bridgehead atoms. The van der Waals surface area contributed by atoms with Gasteiger partial charge in [-0.15, -0.1) is 0 Å². The standard InChI is InChI=1S/C11H18N4O/c1-4-15(3)11(16)8(2)14-10-6-5-9(12)7-13-10/h5-8H,4,12H2,1-3H3,(H,13,14). The van der Waals surface area contributed by atoms with Crippen molar-refractivity contribution in [2.45, 2.75) is 19.9 Å². The molecule has 0 aliphatic carbocycles. The fourth-order valence-electron chi connectivity index (χ4n) is 1.26. The Morgan fingerprint density at radius 2 is 2.31 bits per heavy atom. The molecule has 16 heavy (non-hydrogen) atoms. The van der Waals surface area contributed by atoms with Gasteiger partial charge in [0, 0.05) is 13.6 Å². The molecule has 5 heteroatoms. The van der Waals surface area contributed by atoms with E-state index in [1.807, 2.05) is 13.8 Å². The van der Waals surface area contributed by atoms with Crippen LogP contribution < -0.4 is 11.1 Å². The Labute approximate surface area is 95.7 Å². The number of hydrogen-bond acceptors (Lipinski definition) is 4. The van der Waals surface area contributed by atoms with Crippen molar-refractivity contribution < 1.29 is 4.79 Å². The Balaban J connectivity index is 2.60. The van der Waals surface area contributed by atoms with E-state index >= 15 is 0 Å². The van der Waals surface area contributed by atoms with E-state index in [1.165, 1.54) is 0 Å². The van der Waals surface area contributed by atoms with Gasteiger partial charge in [-0.1, -0.05) is 0 Å². The summed E-state index contributed by atoms with van der Waals surface area (Å²) in [6, 6.07) is 3.21. The summed E-state index contributed by atoms with van der Waals surface area (Å²) in [7, 11) is 1.77. The smallest absolute Gasteiger partial charge is 0.244 e. The van der Waals surface area contributed by atoms with Crippen LogP contribution in [0.3, 0.4) is 0 Å². The third-order valence-corrected chi connectivity index (χ3v) is 2.37. The van der Waals surface area contributed by atoms with E-state index in [0.29, 0.717) is 18.1 Å². The number of aromatic nitrogens is 1. The monoisotopic (exact) mass is 222 g/mol. The van der Waals surface area contributed by atoms with E-state index < -0.39 is 0 Å². The van der Waals surface area contributed by atoms with Gasteiger partial charge in [0.15, 0.2) is 0 Å². The van der Waals surface area contributed by atoms with Gasteiger partial charge in [0.05, 0.1) is 11.9 Å². The number of nitrogens with one attached hydrogen (secondary N) is 1. The molecular weight excluding hydrogens is 204 g/mol. The number of nitrogens with two attached hydrogens (primary N) is 1. The zero-order chi connectivity index (χ0) is 12.1. The number of hydrogen-bond donors (Lipinski definition) is 2. The van der Waals surface area contributed by atoms with Crippen molar-refractivity contribution in [1.29, 1.82) is 0 Å². The summed E-state index contributed by atoms with van der Waals surface area (Å²) in [6.45, 7) is 4.44. The number of amides is 1. The molecule has 0 aromatic carbocycles. The van der Waals surface area contributed by atoms with Crippen molar-refractivity contribution in [1.82, 2.24) is 9.88 Å². The quantitative estimate of drug-likeness (QED) is 0.795. The molecule has 88 valence electrons. The number of anilines is 2. The van der Waals surface area contributed by atoms with Gasteiger partial charge in [-0.25, -0.2) is 4.98 Å². The van der Waals surface area contributed by atoms with Crippen molar-refractivity contribution in [3.63, 3.8) is 0 Å². The van der Waals surface area contributed by atoms with Crippen LogP contribution in [0.15, 0.2) is 18.3 Å². The predicted octanol–water partition coefficient (Wildman–Crippen LogP) is 0.942. The van der Waals surface area contributed by atoms with Gasteiger partial charge < -0.3 is 16.0 Å². The normalized spacial score (nSPS) is 11.9. The predicted molar refractivity (Wildman–Crippen MR) is 65.0 cm³/mol. The Hall–Kier alpha value is -1.78. The summed E-state index contributed by atoms with van der Waals surface area (Å²) in [4.78, 5) is 17.5. The minimum absolute atomic E-state index is 0.0427. The average molecular weight is 222 g/mol. The highest BCUT2D eigenvalue weighted by molar-refractivity contribution is 5.83. The van der Waals surface area contributed by atoms with Crippen LogP contribution in [0.5, 0.6) is 0 Å². The van der Waals surface area contributed by atoms with Gasteiger partial charge in [-0.2, -0.15) is 0 Å². The summed E-state index contributed by atoms with van der Waals surface area (Å²) >= 11 is 0. The van der Waals surface area contributed by atoms with Crippen molar-refractivity contribution in [2.24, 2.45) is 0 Å². The highest BCUT2D eigenvalue weighted by Gasteiger charge is 2.15. The van der Waals surface area contributed by atoms with Gasteiger partial charge in [-0.3, -0.25) is 4.79 Å². The molecule has 1 aromatic heterocycles. The molecule has 0 saturated heterocycles. The molecule has 1 atom stereocenters. The van der Waals surface area contributed by atoms with Crippen LogP contribution in [0.4, 0.5) is 11.5 Å².